The van der Waals surface area contributed by atoms with Gasteiger partial charge in [0.15, 0.2) is 0 Å². The number of pyridine rings is 1. The zero-order valence-electron chi connectivity index (χ0n) is 26.9. The molecule has 1 fully saturated rings. The monoisotopic (exact) mass is 675 g/mol. The van der Waals surface area contributed by atoms with Crippen molar-refractivity contribution >= 4 is 33.2 Å². The van der Waals surface area contributed by atoms with Gasteiger partial charge in [-0.1, -0.05) is 42.8 Å². The van der Waals surface area contributed by atoms with Crippen LogP contribution in [0.4, 0.5) is 5.69 Å². The molecule has 1 amide bonds. The number of benzene rings is 2. The van der Waals surface area contributed by atoms with Gasteiger partial charge in [0.2, 0.25) is 10.0 Å². The number of fused-ring (bicyclic) bond motifs is 4. The molecule has 10 heteroatoms. The molecule has 0 saturated heterocycles. The number of amides is 1. The van der Waals surface area contributed by atoms with E-state index >= 15 is 0 Å². The largest absolute Gasteiger partial charge is 0.490 e. The van der Waals surface area contributed by atoms with Gasteiger partial charge < -0.3 is 14.7 Å². The molecule has 4 aliphatic rings. The molecule has 6 atom stereocenters. The first-order valence-electron chi connectivity index (χ1n) is 16.7. The van der Waals surface area contributed by atoms with Gasteiger partial charge >= 0.3 is 0 Å². The van der Waals surface area contributed by atoms with Gasteiger partial charge in [-0.3, -0.25) is 9.78 Å². The van der Waals surface area contributed by atoms with Crippen LogP contribution >= 0.6 is 11.6 Å². The van der Waals surface area contributed by atoms with E-state index in [0.29, 0.717) is 37.6 Å². The second-order valence-electron chi connectivity index (χ2n) is 14.1. The number of hydrogen-bond donors (Lipinski definition) is 2. The summed E-state index contributed by atoms with van der Waals surface area (Å²) >= 11 is 6.44. The molecule has 1 spiro atoms. The quantitative estimate of drug-likeness (QED) is 0.297. The molecule has 1 aromatic heterocycles. The molecular weight excluding hydrogens is 634 g/mol. The zero-order valence-corrected chi connectivity index (χ0v) is 28.4. The number of nitrogens with one attached hydrogen (secondary N) is 1. The maximum atomic E-state index is 13.5. The van der Waals surface area contributed by atoms with Gasteiger partial charge in [-0.25, -0.2) is 13.1 Å². The van der Waals surface area contributed by atoms with Crippen molar-refractivity contribution in [2.24, 2.45) is 17.8 Å². The Bertz CT molecular complexity index is 1820. The number of rotatable bonds is 1. The number of allylic oxidation sites excluding steroid dienone is 1. The standard InChI is InChI=1S/C37H42ClN3O5S/c1-24-7-5-17-37(43,34-9-3-4-18-39-34)31-13-10-28(31)21-41-22-36(16-6-8-26-19-29(38)12-14-30(26)36)23-46-33-15-11-27(20-32(33)41)35(42)40-47(44,45)25(24)2/h3-5,9,11-12,14-15,17-20,24-25,28,31,43H,6-8,10,13,16,21-23H2,1-2H3,(H,40,42)/b17-5+/t24-,25+,28-,31+,36-,37-/m0/s1. The molecular formula is C37H42ClN3O5S. The number of carbonyl (C=O) groups is 1. The number of halogens is 1. The van der Waals surface area contributed by atoms with E-state index < -0.39 is 26.8 Å². The minimum Gasteiger partial charge on any atom is -0.490 e. The normalized spacial score (nSPS) is 32.5. The highest BCUT2D eigenvalue weighted by molar-refractivity contribution is 7.90. The van der Waals surface area contributed by atoms with Gasteiger partial charge in [0.1, 0.15) is 11.4 Å². The summed E-state index contributed by atoms with van der Waals surface area (Å²) in [6.07, 6.45) is 10.5. The lowest BCUT2D eigenvalue weighted by molar-refractivity contribution is -0.0529. The zero-order chi connectivity index (χ0) is 33.0. The fourth-order valence-corrected chi connectivity index (χ4v) is 9.62. The third-order valence-corrected chi connectivity index (χ3v) is 13.4. The Balaban J connectivity index is 1.35. The number of nitrogens with zero attached hydrogens (tertiary/aromatic N) is 2. The summed E-state index contributed by atoms with van der Waals surface area (Å²) in [5.74, 6) is -0.288. The molecule has 2 N–H and O–H groups in total. The first-order valence-corrected chi connectivity index (χ1v) is 18.6. The summed E-state index contributed by atoms with van der Waals surface area (Å²) < 4.78 is 35.7. The smallest absolute Gasteiger partial charge is 0.264 e. The van der Waals surface area contributed by atoms with Crippen molar-refractivity contribution in [1.82, 2.24) is 9.71 Å². The molecule has 3 aromatic rings. The van der Waals surface area contributed by atoms with Crippen LogP contribution in [0.3, 0.4) is 0 Å². The van der Waals surface area contributed by atoms with Crippen molar-refractivity contribution in [3.8, 4) is 5.75 Å². The van der Waals surface area contributed by atoms with Crippen LogP contribution in [-0.4, -0.2) is 49.4 Å². The average molecular weight is 676 g/mol. The first kappa shape index (κ1) is 32.2. The maximum absolute atomic E-state index is 13.5. The van der Waals surface area contributed by atoms with Crippen LogP contribution in [0.15, 0.2) is 72.9 Å². The third kappa shape index (κ3) is 5.85. The molecule has 2 aromatic carbocycles. The van der Waals surface area contributed by atoms with Crippen LogP contribution in [0.1, 0.15) is 73.1 Å². The average Bonchev–Trinajstić information content (AvgIpc) is 3.19. The van der Waals surface area contributed by atoms with E-state index in [2.05, 4.69) is 26.7 Å². The van der Waals surface area contributed by atoms with Crippen LogP contribution in [0, 0.1) is 17.8 Å². The molecule has 2 aliphatic heterocycles. The lowest BCUT2D eigenvalue weighted by atomic mass is 9.63. The second kappa shape index (κ2) is 12.2. The van der Waals surface area contributed by atoms with Crippen LogP contribution < -0.4 is 14.4 Å². The van der Waals surface area contributed by atoms with Crippen molar-refractivity contribution in [3.05, 3.63) is 100 Å². The lowest BCUT2D eigenvalue weighted by Gasteiger charge is -2.49. The maximum Gasteiger partial charge on any atom is 0.264 e. The third-order valence-electron chi connectivity index (χ3n) is 11.2. The van der Waals surface area contributed by atoms with E-state index in [1.54, 1.807) is 31.3 Å². The van der Waals surface area contributed by atoms with Gasteiger partial charge in [0.25, 0.3) is 5.91 Å². The SMILES string of the molecule is C[C@@H]1[C@@H](C)C/C=C/[C@@](O)(c2ccccn2)[C@@H]2CC[C@H]2CN2C[C@@]3(CCCc4cc(Cl)ccc43)COc3ccc(cc32)C(=O)NS1(=O)=O. The first-order chi connectivity index (χ1) is 22.5. The van der Waals surface area contributed by atoms with Crippen LogP contribution in [0.25, 0.3) is 0 Å². The Morgan fingerprint density at radius 2 is 1.96 bits per heavy atom. The van der Waals surface area contributed by atoms with Crippen LogP contribution in [0.2, 0.25) is 5.02 Å². The van der Waals surface area contributed by atoms with Gasteiger partial charge in [-0.15, -0.1) is 0 Å². The number of hydrogen-bond acceptors (Lipinski definition) is 7. The van der Waals surface area contributed by atoms with E-state index in [-0.39, 0.29) is 28.7 Å². The van der Waals surface area contributed by atoms with Gasteiger partial charge in [-0.05, 0) is 111 Å². The molecule has 47 heavy (non-hydrogen) atoms. The minimum atomic E-state index is -3.99. The molecule has 7 rings (SSSR count). The van der Waals surface area contributed by atoms with E-state index in [0.717, 1.165) is 42.8 Å². The van der Waals surface area contributed by atoms with Gasteiger partial charge in [0.05, 0.1) is 23.2 Å². The van der Waals surface area contributed by atoms with E-state index in [1.165, 1.54) is 11.1 Å². The number of carbonyl (C=O) groups excluding carboxylic acids is 1. The van der Waals surface area contributed by atoms with Crippen LogP contribution in [0.5, 0.6) is 5.75 Å². The Kier molecular flexibility index (Phi) is 8.38. The predicted octanol–water partition coefficient (Wildman–Crippen LogP) is 6.17. The molecule has 248 valence electrons. The topological polar surface area (TPSA) is 109 Å². The highest BCUT2D eigenvalue weighted by atomic mass is 35.5. The van der Waals surface area contributed by atoms with Gasteiger partial charge in [0, 0.05) is 41.2 Å². The Morgan fingerprint density at radius 1 is 1.11 bits per heavy atom. The number of anilines is 1. The molecule has 1 saturated carbocycles. The minimum absolute atomic E-state index is 0.106. The van der Waals surface area contributed by atoms with E-state index in [4.69, 9.17) is 16.3 Å². The summed E-state index contributed by atoms with van der Waals surface area (Å²) in [4.78, 5) is 20.4. The molecule has 0 unspecified atom stereocenters. The van der Waals surface area contributed by atoms with Gasteiger partial charge in [-0.2, -0.15) is 0 Å². The number of aliphatic hydroxyl groups is 1. The summed E-state index contributed by atoms with van der Waals surface area (Å²) in [5, 5.41) is 12.3. The highest BCUT2D eigenvalue weighted by Gasteiger charge is 2.49. The van der Waals surface area contributed by atoms with E-state index in [9.17, 15) is 18.3 Å². The summed E-state index contributed by atoms with van der Waals surface area (Å²) in [6.45, 7) is 5.21. The Morgan fingerprint density at radius 3 is 2.72 bits per heavy atom. The number of sulfonamides is 1. The van der Waals surface area contributed by atoms with Crippen molar-refractivity contribution in [1.29, 1.82) is 0 Å². The fourth-order valence-electron chi connectivity index (χ4n) is 8.14. The van der Waals surface area contributed by atoms with Crippen molar-refractivity contribution < 1.29 is 23.1 Å². The molecule has 3 heterocycles. The number of aromatic nitrogens is 1. The van der Waals surface area contributed by atoms with E-state index in [1.807, 2.05) is 43.3 Å². The number of ether oxygens (including phenoxy) is 1. The second-order valence-corrected chi connectivity index (χ2v) is 16.5. The Hall–Kier alpha value is -3.40. The van der Waals surface area contributed by atoms with Crippen LogP contribution in [-0.2, 0) is 27.5 Å². The molecule has 8 nitrogen and oxygen atoms in total. The highest BCUT2D eigenvalue weighted by Crippen LogP contribution is 2.50. The summed E-state index contributed by atoms with van der Waals surface area (Å²) in [5.41, 5.74) is 2.43. The summed E-state index contributed by atoms with van der Waals surface area (Å²) in [6, 6.07) is 16.9. The van der Waals surface area contributed by atoms with Crippen molar-refractivity contribution in [3.63, 3.8) is 0 Å². The fraction of sp³-hybridized carbons (Fsp3) is 0.459. The van der Waals surface area contributed by atoms with Crippen molar-refractivity contribution in [2.75, 3.05) is 24.6 Å². The lowest BCUT2D eigenvalue weighted by Crippen LogP contribution is -2.51. The summed E-state index contributed by atoms with van der Waals surface area (Å²) in [7, 11) is -3.99. The molecule has 2 bridgehead atoms. The molecule has 0 radical (unpaired) electrons. The van der Waals surface area contributed by atoms with Crippen molar-refractivity contribution in [2.45, 2.75) is 68.6 Å². The predicted molar refractivity (Wildman–Crippen MR) is 183 cm³/mol. The Labute approximate surface area is 282 Å². The molecule has 2 aliphatic carbocycles. The number of aryl methyl sites for hydroxylation is 1.